The number of phenols is 1. The number of pyridine rings is 1. The number of piperidine rings is 1. The Morgan fingerprint density at radius 3 is 2.75 bits per heavy atom. The minimum absolute atomic E-state index is 0.0811. The Morgan fingerprint density at radius 1 is 1.05 bits per heavy atom. The number of likely N-dealkylation sites (tertiary alicyclic amines) is 1. The van der Waals surface area contributed by atoms with Crippen molar-refractivity contribution in [2.75, 3.05) is 39.2 Å². The number of benzene rings is 3. The molecule has 0 aliphatic carbocycles. The molecule has 5 aromatic rings. The number of H-pyrrole nitrogens is 1. The number of phenolic OH excluding ortho intramolecular Hbond substituents is 1. The van der Waals surface area contributed by atoms with Gasteiger partial charge in [0, 0.05) is 29.1 Å². The van der Waals surface area contributed by atoms with Crippen molar-refractivity contribution >= 4 is 22.6 Å². The lowest BCUT2D eigenvalue weighted by Crippen LogP contribution is -2.30. The summed E-state index contributed by atoms with van der Waals surface area (Å²) in [6, 6.07) is 21.8. The number of anilines is 1. The largest absolute Gasteiger partial charge is 0.507 e. The average molecular weight is 592 g/mol. The summed E-state index contributed by atoms with van der Waals surface area (Å²) in [4.78, 5) is 27.8. The van der Waals surface area contributed by atoms with E-state index in [2.05, 4.69) is 32.2 Å². The number of fused-ring (bicyclic) bond motifs is 1. The number of ether oxygens (including phenoxy) is 2. The fraction of sp³-hybridized carbons (Fsp3) is 0.286. The highest BCUT2D eigenvalue weighted by molar-refractivity contribution is 6.06. The molecule has 0 radical (unpaired) electrons. The lowest BCUT2D eigenvalue weighted by molar-refractivity contribution is 0.102. The zero-order chi connectivity index (χ0) is 30.5. The van der Waals surface area contributed by atoms with Crippen LogP contribution in [0.4, 0.5) is 5.69 Å². The van der Waals surface area contributed by atoms with Gasteiger partial charge in [-0.25, -0.2) is 9.97 Å². The number of nitrogens with zero attached hydrogens (tertiary/aromatic N) is 3. The van der Waals surface area contributed by atoms with Gasteiger partial charge in [-0.1, -0.05) is 12.1 Å². The molecule has 226 valence electrons. The molecule has 1 amide bonds. The molecule has 44 heavy (non-hydrogen) atoms. The Kier molecular flexibility index (Phi) is 8.74. The van der Waals surface area contributed by atoms with E-state index in [-0.39, 0.29) is 11.7 Å². The fourth-order valence-corrected chi connectivity index (χ4v) is 5.72. The van der Waals surface area contributed by atoms with Gasteiger partial charge in [-0.3, -0.25) is 4.79 Å². The number of aromatic hydroxyl groups is 1. The standard InChI is InChI=1S/C35H37N5O4/c1-40-17-14-23(15-18-40)6-5-19-44-27-8-3-7-26(22-27)37-34(42)25-10-12-30-31(21-25)39-33(38-30)29-20-24(11-13-32(29)41)28-9-4-16-36-35(28)43-2/h3-4,7-13,16,20-23,41H,5-6,14-15,17-19H2,1-2H3,(H,37,42)(H,38,39). The van der Waals surface area contributed by atoms with Gasteiger partial charge in [-0.15, -0.1) is 0 Å². The summed E-state index contributed by atoms with van der Waals surface area (Å²) in [5, 5.41) is 13.6. The Bertz CT molecular complexity index is 1760. The van der Waals surface area contributed by atoms with E-state index in [0.29, 0.717) is 46.2 Å². The second kappa shape index (κ2) is 13.2. The Balaban J connectivity index is 1.12. The number of aromatic amines is 1. The zero-order valence-corrected chi connectivity index (χ0v) is 25.0. The van der Waals surface area contributed by atoms with Gasteiger partial charge < -0.3 is 29.8 Å². The molecule has 0 spiro atoms. The molecule has 9 nitrogen and oxygen atoms in total. The number of hydrogen-bond donors (Lipinski definition) is 3. The van der Waals surface area contributed by atoms with E-state index in [1.165, 1.54) is 32.4 Å². The molecule has 3 heterocycles. The van der Waals surface area contributed by atoms with Crippen LogP contribution in [0.2, 0.25) is 0 Å². The van der Waals surface area contributed by atoms with E-state index in [0.717, 1.165) is 29.2 Å². The average Bonchev–Trinajstić information content (AvgIpc) is 3.48. The maximum Gasteiger partial charge on any atom is 0.255 e. The first kappa shape index (κ1) is 29.2. The lowest BCUT2D eigenvalue weighted by Gasteiger charge is -2.28. The number of aromatic nitrogens is 3. The molecule has 0 saturated carbocycles. The Labute approximate surface area is 256 Å². The van der Waals surface area contributed by atoms with Gasteiger partial charge in [-0.2, -0.15) is 0 Å². The monoisotopic (exact) mass is 591 g/mol. The highest BCUT2D eigenvalue weighted by atomic mass is 16.5. The van der Waals surface area contributed by atoms with Crippen LogP contribution in [0.25, 0.3) is 33.5 Å². The molecular weight excluding hydrogens is 554 g/mol. The van der Waals surface area contributed by atoms with Crippen LogP contribution in [0.3, 0.4) is 0 Å². The molecule has 3 aromatic carbocycles. The van der Waals surface area contributed by atoms with Gasteiger partial charge in [-0.05, 0) is 112 Å². The first-order valence-corrected chi connectivity index (χ1v) is 15.0. The molecule has 1 aliphatic rings. The van der Waals surface area contributed by atoms with Crippen molar-refractivity contribution < 1.29 is 19.4 Å². The maximum atomic E-state index is 13.2. The van der Waals surface area contributed by atoms with Crippen LogP contribution in [0.15, 0.2) is 79.0 Å². The van der Waals surface area contributed by atoms with Crippen LogP contribution < -0.4 is 14.8 Å². The summed E-state index contributed by atoms with van der Waals surface area (Å²) in [6.45, 7) is 3.03. The van der Waals surface area contributed by atoms with Crippen molar-refractivity contribution in [3.05, 3.63) is 84.6 Å². The molecule has 1 saturated heterocycles. The summed E-state index contributed by atoms with van der Waals surface area (Å²) in [5.41, 5.74) is 4.66. The topological polar surface area (TPSA) is 113 Å². The van der Waals surface area contributed by atoms with E-state index < -0.39 is 0 Å². The summed E-state index contributed by atoms with van der Waals surface area (Å²) in [7, 11) is 3.76. The van der Waals surface area contributed by atoms with Gasteiger partial charge in [0.05, 0.1) is 30.3 Å². The van der Waals surface area contributed by atoms with E-state index in [1.54, 1.807) is 43.6 Å². The number of amides is 1. The van der Waals surface area contributed by atoms with Crippen LogP contribution in [-0.2, 0) is 0 Å². The molecule has 1 fully saturated rings. The number of methoxy groups -OCH3 is 1. The molecular formula is C35H37N5O4. The van der Waals surface area contributed by atoms with Crippen LogP contribution in [0, 0.1) is 5.92 Å². The van der Waals surface area contributed by atoms with Crippen molar-refractivity contribution in [2.45, 2.75) is 25.7 Å². The van der Waals surface area contributed by atoms with Gasteiger partial charge in [0.25, 0.3) is 5.91 Å². The van der Waals surface area contributed by atoms with Gasteiger partial charge in [0.1, 0.15) is 17.3 Å². The molecule has 2 aromatic heterocycles. The van der Waals surface area contributed by atoms with Crippen molar-refractivity contribution in [1.29, 1.82) is 0 Å². The van der Waals surface area contributed by atoms with Crippen LogP contribution >= 0.6 is 0 Å². The highest BCUT2D eigenvalue weighted by Crippen LogP contribution is 2.36. The molecule has 3 N–H and O–H groups in total. The molecule has 0 atom stereocenters. The first-order valence-electron chi connectivity index (χ1n) is 15.0. The summed E-state index contributed by atoms with van der Waals surface area (Å²) in [6.07, 6.45) is 6.41. The molecule has 0 bridgehead atoms. The Morgan fingerprint density at radius 2 is 1.91 bits per heavy atom. The third kappa shape index (κ3) is 6.68. The second-order valence-electron chi connectivity index (χ2n) is 11.3. The maximum absolute atomic E-state index is 13.2. The number of carbonyl (C=O) groups is 1. The van der Waals surface area contributed by atoms with E-state index >= 15 is 0 Å². The predicted molar refractivity (Wildman–Crippen MR) is 172 cm³/mol. The minimum Gasteiger partial charge on any atom is -0.507 e. The van der Waals surface area contributed by atoms with Gasteiger partial charge in [0.15, 0.2) is 0 Å². The summed E-state index contributed by atoms with van der Waals surface area (Å²) >= 11 is 0. The van der Waals surface area contributed by atoms with E-state index in [4.69, 9.17) is 9.47 Å². The molecule has 9 heteroatoms. The zero-order valence-electron chi connectivity index (χ0n) is 25.0. The molecule has 1 aliphatic heterocycles. The van der Waals surface area contributed by atoms with Crippen molar-refractivity contribution in [1.82, 2.24) is 19.9 Å². The second-order valence-corrected chi connectivity index (χ2v) is 11.3. The van der Waals surface area contributed by atoms with Gasteiger partial charge >= 0.3 is 0 Å². The van der Waals surface area contributed by atoms with Gasteiger partial charge in [0.2, 0.25) is 5.88 Å². The third-order valence-electron chi connectivity index (χ3n) is 8.23. The number of imidazole rings is 1. The predicted octanol–water partition coefficient (Wildman–Crippen LogP) is 6.76. The van der Waals surface area contributed by atoms with E-state index in [9.17, 15) is 9.90 Å². The van der Waals surface area contributed by atoms with Crippen LogP contribution in [0.1, 0.15) is 36.0 Å². The molecule has 0 unspecified atom stereocenters. The fourth-order valence-electron chi connectivity index (χ4n) is 5.72. The van der Waals surface area contributed by atoms with Crippen molar-refractivity contribution in [2.24, 2.45) is 5.92 Å². The third-order valence-corrected chi connectivity index (χ3v) is 8.23. The quantitative estimate of drug-likeness (QED) is 0.154. The van der Waals surface area contributed by atoms with Crippen LogP contribution in [0.5, 0.6) is 17.4 Å². The SMILES string of the molecule is COc1ncccc1-c1ccc(O)c(-c2nc3ccc(C(=O)Nc4cccc(OCCCC5CCN(C)CC5)c4)cc3[nH]2)c1. The number of hydrogen-bond acceptors (Lipinski definition) is 7. The lowest BCUT2D eigenvalue weighted by atomic mass is 9.93. The smallest absolute Gasteiger partial charge is 0.255 e. The van der Waals surface area contributed by atoms with Crippen molar-refractivity contribution in [3.63, 3.8) is 0 Å². The number of nitrogens with one attached hydrogen (secondary N) is 2. The Hall–Kier alpha value is -4.89. The first-order chi connectivity index (χ1) is 21.5. The van der Waals surface area contributed by atoms with E-state index in [1.807, 2.05) is 42.5 Å². The van der Waals surface area contributed by atoms with Crippen molar-refractivity contribution in [3.8, 4) is 39.9 Å². The summed E-state index contributed by atoms with van der Waals surface area (Å²) in [5.74, 6) is 2.35. The molecule has 6 rings (SSSR count). The minimum atomic E-state index is -0.240. The highest BCUT2D eigenvalue weighted by Gasteiger charge is 2.17. The summed E-state index contributed by atoms with van der Waals surface area (Å²) < 4.78 is 11.4. The number of rotatable bonds is 10. The van der Waals surface area contributed by atoms with Crippen LogP contribution in [-0.4, -0.2) is 64.7 Å². The normalized spacial score (nSPS) is 14.0. The number of carbonyl (C=O) groups excluding carboxylic acids is 1.